The van der Waals surface area contributed by atoms with Crippen LogP contribution in [0.1, 0.15) is 0 Å². The summed E-state index contributed by atoms with van der Waals surface area (Å²) < 4.78 is 25.1. The number of rotatable bonds is 7. The first-order chi connectivity index (χ1) is 12.2. The third-order valence-electron chi connectivity index (χ3n) is 3.51. The molecule has 0 unspecified atom stereocenters. The van der Waals surface area contributed by atoms with Gasteiger partial charge in [-0.1, -0.05) is 11.8 Å². The molecule has 0 spiro atoms. The van der Waals surface area contributed by atoms with E-state index in [9.17, 15) is 13.2 Å². The number of aromatic nitrogens is 1. The van der Waals surface area contributed by atoms with Gasteiger partial charge >= 0.3 is 0 Å². The van der Waals surface area contributed by atoms with Crippen molar-refractivity contribution in [3.8, 4) is 0 Å². The highest BCUT2D eigenvalue weighted by Crippen LogP contribution is 2.20. The van der Waals surface area contributed by atoms with Gasteiger partial charge in [0.05, 0.1) is 10.8 Å². The third-order valence-corrected chi connectivity index (χ3v) is 6.25. The Morgan fingerprint density at radius 2 is 1.73 bits per heavy atom. The van der Waals surface area contributed by atoms with Crippen LogP contribution in [0.3, 0.4) is 0 Å². The Labute approximate surface area is 158 Å². The number of hydrogen-bond acceptors (Lipinski definition) is 6. The molecular weight excluding hydrogens is 372 g/mol. The molecule has 0 aliphatic carbocycles. The van der Waals surface area contributed by atoms with Crippen LogP contribution in [0.25, 0.3) is 0 Å². The van der Waals surface area contributed by atoms with E-state index in [-0.39, 0.29) is 16.6 Å². The van der Waals surface area contributed by atoms with Crippen molar-refractivity contribution in [2.24, 2.45) is 0 Å². The van der Waals surface area contributed by atoms with E-state index in [1.165, 1.54) is 38.1 Å². The molecule has 0 atom stereocenters. The maximum absolute atomic E-state index is 12.0. The van der Waals surface area contributed by atoms with Gasteiger partial charge in [0, 0.05) is 45.8 Å². The van der Waals surface area contributed by atoms with Crippen LogP contribution in [-0.4, -0.2) is 57.6 Å². The van der Waals surface area contributed by atoms with Crippen LogP contribution in [0.4, 0.5) is 11.4 Å². The minimum Gasteiger partial charge on any atom is -0.378 e. The molecule has 0 saturated carbocycles. The molecule has 1 heterocycles. The Kier molecular flexibility index (Phi) is 6.63. The first-order valence-electron chi connectivity index (χ1n) is 7.79. The molecule has 26 heavy (non-hydrogen) atoms. The summed E-state index contributed by atoms with van der Waals surface area (Å²) in [6, 6.07) is 10.6. The van der Waals surface area contributed by atoms with Crippen molar-refractivity contribution in [2.75, 3.05) is 44.2 Å². The van der Waals surface area contributed by atoms with Crippen LogP contribution in [0.15, 0.2) is 52.5 Å². The Morgan fingerprint density at radius 1 is 1.08 bits per heavy atom. The summed E-state index contributed by atoms with van der Waals surface area (Å²) in [5.41, 5.74) is 1.77. The van der Waals surface area contributed by atoms with Gasteiger partial charge in [-0.15, -0.1) is 0 Å². The molecule has 0 aliphatic rings. The van der Waals surface area contributed by atoms with E-state index in [0.717, 1.165) is 15.7 Å². The van der Waals surface area contributed by atoms with Crippen molar-refractivity contribution in [3.63, 3.8) is 0 Å². The summed E-state index contributed by atoms with van der Waals surface area (Å²) in [5, 5.41) is 3.40. The van der Waals surface area contributed by atoms with Crippen LogP contribution >= 0.6 is 11.8 Å². The standard InChI is InChI=1S/C17H22N4O3S2/c1-20(2)14-7-5-13(6-8-14)19-16(22)12-25-17-10-9-15(11-18-17)26(23,24)21(3)4/h5-11H,12H2,1-4H3,(H,19,22). The fourth-order valence-corrected chi connectivity index (χ4v) is 3.49. The summed E-state index contributed by atoms with van der Waals surface area (Å²) in [6.45, 7) is 0. The predicted octanol–water partition coefficient (Wildman–Crippen LogP) is 2.13. The highest BCUT2D eigenvalue weighted by atomic mass is 32.2. The summed E-state index contributed by atoms with van der Waals surface area (Å²) in [7, 11) is 3.34. The molecule has 0 bridgehead atoms. The van der Waals surface area contributed by atoms with E-state index < -0.39 is 10.0 Å². The van der Waals surface area contributed by atoms with Crippen molar-refractivity contribution in [3.05, 3.63) is 42.6 Å². The van der Waals surface area contributed by atoms with Gasteiger partial charge in [0.25, 0.3) is 0 Å². The Bertz CT molecular complexity index is 849. The molecular formula is C17H22N4O3S2. The monoisotopic (exact) mass is 394 g/mol. The van der Waals surface area contributed by atoms with Gasteiger partial charge in [-0.3, -0.25) is 4.79 Å². The zero-order valence-corrected chi connectivity index (χ0v) is 16.8. The number of anilines is 2. The number of benzene rings is 1. The maximum atomic E-state index is 12.0. The minimum atomic E-state index is -3.50. The maximum Gasteiger partial charge on any atom is 0.244 e. The van der Waals surface area contributed by atoms with Crippen LogP contribution < -0.4 is 10.2 Å². The minimum absolute atomic E-state index is 0.122. The zero-order valence-electron chi connectivity index (χ0n) is 15.1. The number of thioether (sulfide) groups is 1. The molecule has 1 aromatic carbocycles. The Balaban J connectivity index is 1.91. The third kappa shape index (κ3) is 5.20. The quantitative estimate of drug-likeness (QED) is 0.725. The van der Waals surface area contributed by atoms with E-state index in [1.54, 1.807) is 6.07 Å². The molecule has 9 heteroatoms. The highest BCUT2D eigenvalue weighted by Gasteiger charge is 2.17. The molecule has 0 aliphatic heterocycles. The molecule has 1 amide bonds. The second-order valence-corrected chi connectivity index (χ2v) is 9.05. The molecule has 140 valence electrons. The smallest absolute Gasteiger partial charge is 0.244 e. The Hall–Kier alpha value is -2.10. The van der Waals surface area contributed by atoms with E-state index in [1.807, 2.05) is 43.3 Å². The molecule has 1 N–H and O–H groups in total. The van der Waals surface area contributed by atoms with Gasteiger partial charge in [0.1, 0.15) is 4.90 Å². The van der Waals surface area contributed by atoms with Gasteiger partial charge in [-0.25, -0.2) is 17.7 Å². The van der Waals surface area contributed by atoms with E-state index in [0.29, 0.717) is 5.03 Å². The van der Waals surface area contributed by atoms with Crippen molar-refractivity contribution in [1.29, 1.82) is 0 Å². The second kappa shape index (κ2) is 8.52. The number of nitrogens with zero attached hydrogens (tertiary/aromatic N) is 3. The van der Waals surface area contributed by atoms with Gasteiger partial charge in [0.15, 0.2) is 0 Å². The summed E-state index contributed by atoms with van der Waals surface area (Å²) >= 11 is 1.24. The SMILES string of the molecule is CN(C)c1ccc(NC(=O)CSc2ccc(S(=O)(=O)N(C)C)cn2)cc1. The summed E-state index contributed by atoms with van der Waals surface area (Å²) in [5.74, 6) is 0.0294. The number of sulfonamides is 1. The number of hydrogen-bond donors (Lipinski definition) is 1. The number of amides is 1. The van der Waals surface area contributed by atoms with Crippen LogP contribution in [-0.2, 0) is 14.8 Å². The van der Waals surface area contributed by atoms with Crippen LogP contribution in [0, 0.1) is 0 Å². The lowest BCUT2D eigenvalue weighted by Crippen LogP contribution is -2.22. The lowest BCUT2D eigenvalue weighted by molar-refractivity contribution is -0.113. The number of carbonyl (C=O) groups is 1. The van der Waals surface area contributed by atoms with Crippen molar-refractivity contribution in [2.45, 2.75) is 9.92 Å². The highest BCUT2D eigenvalue weighted by molar-refractivity contribution is 7.99. The Morgan fingerprint density at radius 3 is 2.23 bits per heavy atom. The van der Waals surface area contributed by atoms with Crippen molar-refractivity contribution < 1.29 is 13.2 Å². The molecule has 0 fully saturated rings. The average molecular weight is 395 g/mol. The van der Waals surface area contributed by atoms with E-state index >= 15 is 0 Å². The van der Waals surface area contributed by atoms with Gasteiger partial charge in [-0.2, -0.15) is 0 Å². The van der Waals surface area contributed by atoms with Crippen molar-refractivity contribution >= 4 is 39.1 Å². The van der Waals surface area contributed by atoms with Gasteiger partial charge < -0.3 is 10.2 Å². The van der Waals surface area contributed by atoms with E-state index in [2.05, 4.69) is 10.3 Å². The number of carbonyl (C=O) groups excluding carboxylic acids is 1. The van der Waals surface area contributed by atoms with Crippen LogP contribution in [0.2, 0.25) is 0 Å². The molecule has 1 aromatic heterocycles. The van der Waals surface area contributed by atoms with Gasteiger partial charge in [-0.05, 0) is 36.4 Å². The number of pyridine rings is 1. The second-order valence-electron chi connectivity index (χ2n) is 5.90. The first-order valence-corrected chi connectivity index (χ1v) is 10.2. The molecule has 2 aromatic rings. The lowest BCUT2D eigenvalue weighted by Gasteiger charge is -2.13. The zero-order chi connectivity index (χ0) is 19.3. The predicted molar refractivity (Wildman–Crippen MR) is 105 cm³/mol. The lowest BCUT2D eigenvalue weighted by atomic mass is 10.2. The van der Waals surface area contributed by atoms with Gasteiger partial charge in [0.2, 0.25) is 15.9 Å². The van der Waals surface area contributed by atoms with E-state index in [4.69, 9.17) is 0 Å². The van der Waals surface area contributed by atoms with Crippen molar-refractivity contribution in [1.82, 2.24) is 9.29 Å². The molecule has 7 nitrogen and oxygen atoms in total. The molecule has 0 saturated heterocycles. The van der Waals surface area contributed by atoms with Crippen LogP contribution in [0.5, 0.6) is 0 Å². The number of nitrogens with one attached hydrogen (secondary N) is 1. The molecule has 0 radical (unpaired) electrons. The fourth-order valence-electron chi connectivity index (χ4n) is 1.99. The average Bonchev–Trinajstić information content (AvgIpc) is 2.60. The topological polar surface area (TPSA) is 82.6 Å². The summed E-state index contributed by atoms with van der Waals surface area (Å²) in [6.07, 6.45) is 1.30. The summed E-state index contributed by atoms with van der Waals surface area (Å²) in [4.78, 5) is 18.3. The normalized spacial score (nSPS) is 11.4. The first kappa shape index (κ1) is 20.2. The fraction of sp³-hybridized carbons (Fsp3) is 0.294. The largest absolute Gasteiger partial charge is 0.378 e. The molecule has 2 rings (SSSR count).